The average molecular weight is 1790 g/mol. The highest BCUT2D eigenvalue weighted by Gasteiger charge is 2.30. The van der Waals surface area contributed by atoms with E-state index in [2.05, 4.69) is 191 Å². The Morgan fingerprint density at radius 1 is 0.232 bits per heavy atom. The van der Waals surface area contributed by atoms with Crippen LogP contribution in [0, 0.1) is 0 Å². The fourth-order valence-electron chi connectivity index (χ4n) is 13.8. The molecule has 0 radical (unpaired) electrons. The number of rotatable bonds is 95. The fraction of sp³-hybridized carbons (Fsp3) is 0.710. The van der Waals surface area contributed by atoms with Gasteiger partial charge in [0.05, 0.1) is 26.4 Å². The number of phosphoric ester groups is 2. The van der Waals surface area contributed by atoms with Crippen LogP contribution in [0.25, 0.3) is 0 Å². The molecule has 125 heavy (non-hydrogen) atoms. The Balaban J connectivity index is 4.58. The van der Waals surface area contributed by atoms with Gasteiger partial charge in [0, 0.05) is 19.3 Å². The summed E-state index contributed by atoms with van der Waals surface area (Å²) in [6.45, 7) is 2.54. The predicted molar refractivity (Wildman–Crippen MR) is 528 cm³/mol. The van der Waals surface area contributed by atoms with Gasteiger partial charge in [0.15, 0.2) is 6.10 Å². The highest BCUT2D eigenvalue weighted by atomic mass is 31.2. The average Bonchev–Trinajstić information content (AvgIpc) is 0.901. The second-order valence-electron chi connectivity index (χ2n) is 33.5. The Morgan fingerprint density at radius 2 is 0.424 bits per heavy atom. The summed E-state index contributed by atoms with van der Waals surface area (Å²) in [7, 11) is -9.83. The van der Waals surface area contributed by atoms with Gasteiger partial charge in [-0.2, -0.15) is 0 Å². The summed E-state index contributed by atoms with van der Waals surface area (Å²) in [5.41, 5.74) is 0. The molecule has 0 aromatic rings. The number of aliphatic hydroxyl groups is 2. The van der Waals surface area contributed by atoms with Gasteiger partial charge in [0.2, 0.25) is 0 Å². The van der Waals surface area contributed by atoms with E-state index in [1.54, 1.807) is 0 Å². The maximum Gasteiger partial charge on any atom is 0.472 e. The standard InChI is InChI=1S/C107H184O16P2/c1-4-7-10-13-16-19-22-25-28-31-34-37-40-42-44-46-48-50-52-54-56-58-61-63-66-69-72-75-78-81-84-87-90-93-105(110)117-96-102(108)97-119-124(113,114)120-98-103(109)99-121-125(115,116)122-101-104(123-107(112)95-92-89-86-83-80-77-74-71-68-65-60-39-36-33-30-27-24-21-18-15-12-9-6-3)100-118-106(111)94-91-88-85-82-79-76-73-70-67-64-62-59-57-55-53-51-49-47-45-43-41-38-35-32-29-26-23-20-17-14-11-8-5-2/h9,12,16-21,25-30,34-39,42-45,65,68,74,77,102-104,108-109H,4-8,10-11,13-15,22-24,31-33,40-41,46-64,66-67,69-73,75-76,78-101H2,1-3H3,(H,113,114)(H,115,116)/b12-9-,19-16-,20-17-,21-18-,28-25-,29-26-,30-27-,37-34-,38-35-,39-36-,44-42-,45-43-,68-65-,77-74-. The third-order valence-electron chi connectivity index (χ3n) is 21.4. The van der Waals surface area contributed by atoms with Crippen LogP contribution in [-0.4, -0.2) is 95.9 Å². The number of hydrogen-bond donors (Lipinski definition) is 4. The molecule has 0 fully saturated rings. The van der Waals surface area contributed by atoms with E-state index < -0.39 is 91.5 Å². The first-order valence-electron chi connectivity index (χ1n) is 50.4. The van der Waals surface area contributed by atoms with E-state index in [1.807, 2.05) is 0 Å². The number of unbranched alkanes of at least 4 members (excludes halogenated alkanes) is 44. The van der Waals surface area contributed by atoms with Crippen molar-refractivity contribution in [1.29, 1.82) is 0 Å². The molecule has 0 heterocycles. The third-order valence-corrected chi connectivity index (χ3v) is 23.3. The highest BCUT2D eigenvalue weighted by Crippen LogP contribution is 2.45. The first kappa shape index (κ1) is 120. The fourth-order valence-corrected chi connectivity index (χ4v) is 15.4. The van der Waals surface area contributed by atoms with Crippen molar-refractivity contribution in [3.8, 4) is 0 Å². The lowest BCUT2D eigenvalue weighted by Gasteiger charge is -2.21. The monoisotopic (exact) mass is 1790 g/mol. The lowest BCUT2D eigenvalue weighted by Crippen LogP contribution is -2.30. The zero-order valence-corrected chi connectivity index (χ0v) is 81.3. The number of phosphoric acid groups is 2. The van der Waals surface area contributed by atoms with E-state index in [9.17, 15) is 43.5 Å². The number of allylic oxidation sites excluding steroid dienone is 28. The van der Waals surface area contributed by atoms with Gasteiger partial charge in [-0.15, -0.1) is 0 Å². The molecule has 0 saturated carbocycles. The Bertz CT molecular complexity index is 2950. The van der Waals surface area contributed by atoms with E-state index in [-0.39, 0.29) is 19.3 Å². The van der Waals surface area contributed by atoms with Gasteiger partial charge in [-0.05, 0) is 161 Å². The van der Waals surface area contributed by atoms with Crippen LogP contribution in [0.15, 0.2) is 170 Å². The highest BCUT2D eigenvalue weighted by molar-refractivity contribution is 7.47. The number of hydrogen-bond acceptors (Lipinski definition) is 14. The summed E-state index contributed by atoms with van der Waals surface area (Å²) < 4.78 is 61.6. The molecule has 18 heteroatoms. The van der Waals surface area contributed by atoms with Crippen LogP contribution in [0.3, 0.4) is 0 Å². The molecule has 0 aromatic carbocycles. The maximum absolute atomic E-state index is 13.1. The van der Waals surface area contributed by atoms with Crippen molar-refractivity contribution in [2.45, 2.75) is 450 Å². The summed E-state index contributed by atoms with van der Waals surface area (Å²) in [5.74, 6) is -1.59. The Kier molecular flexibility index (Phi) is 94.0. The normalized spacial score (nSPS) is 14.4. The van der Waals surface area contributed by atoms with E-state index in [1.165, 1.54) is 231 Å². The van der Waals surface area contributed by atoms with E-state index >= 15 is 0 Å². The molecule has 0 aromatic heterocycles. The molecule has 0 aliphatic carbocycles. The number of carbonyl (C=O) groups excluding carboxylic acids is 3. The lowest BCUT2D eigenvalue weighted by molar-refractivity contribution is -0.161. The van der Waals surface area contributed by atoms with Crippen LogP contribution in [0.4, 0.5) is 0 Å². The first-order chi connectivity index (χ1) is 61.2. The summed E-state index contributed by atoms with van der Waals surface area (Å²) in [6.07, 6.45) is 128. The molecule has 4 N–H and O–H groups in total. The van der Waals surface area contributed by atoms with Crippen molar-refractivity contribution < 1.29 is 75.8 Å². The molecule has 16 nitrogen and oxygen atoms in total. The van der Waals surface area contributed by atoms with E-state index in [0.717, 1.165) is 141 Å². The molecule has 0 aliphatic rings. The third kappa shape index (κ3) is 99.3. The van der Waals surface area contributed by atoms with Crippen molar-refractivity contribution in [2.75, 3.05) is 39.6 Å². The lowest BCUT2D eigenvalue weighted by atomic mass is 10.0. The van der Waals surface area contributed by atoms with Crippen LogP contribution in [0.1, 0.15) is 432 Å². The molecule has 0 bridgehead atoms. The smallest absolute Gasteiger partial charge is 0.463 e. The molecular formula is C107H184O16P2. The molecule has 0 saturated heterocycles. The Morgan fingerprint density at radius 3 is 0.672 bits per heavy atom. The quantitative estimate of drug-likeness (QED) is 0.0146. The molecule has 0 aliphatic heterocycles. The van der Waals surface area contributed by atoms with Crippen LogP contribution in [0.2, 0.25) is 0 Å². The predicted octanol–water partition coefficient (Wildman–Crippen LogP) is 31.8. The van der Waals surface area contributed by atoms with Crippen molar-refractivity contribution in [3.63, 3.8) is 0 Å². The van der Waals surface area contributed by atoms with Gasteiger partial charge in [0.25, 0.3) is 0 Å². The molecule has 718 valence electrons. The van der Waals surface area contributed by atoms with Crippen molar-refractivity contribution in [1.82, 2.24) is 0 Å². The van der Waals surface area contributed by atoms with Gasteiger partial charge in [0.1, 0.15) is 25.4 Å². The Hall–Kier alpha value is -5.09. The number of ether oxygens (including phenoxy) is 3. The zero-order chi connectivity index (χ0) is 90.7. The Labute approximate surface area is 764 Å². The SMILES string of the molecule is CC/C=C\C/C=C\C/C=C\C/C=C\C/C=C\C/C=C\CCCCCCC(=O)OC(COC(=O)CCCCCCCCCCCCCCCCCCC/C=C\C/C=C\C/C=C\C/C=C\CCCCC)COP(=O)(O)OCC(O)COP(=O)(O)OCC(O)COC(=O)CCCCCCCCCCCCCCCCCCC/C=C\C/C=C\C/C=C\C/C=C\CCCCC. The molecule has 0 rings (SSSR count). The first-order valence-corrected chi connectivity index (χ1v) is 53.4. The molecular weight excluding hydrogens is 1600 g/mol. The summed E-state index contributed by atoms with van der Waals surface area (Å²) in [4.78, 5) is 59.1. The molecule has 0 spiro atoms. The summed E-state index contributed by atoms with van der Waals surface area (Å²) in [6, 6.07) is 0. The number of carbonyl (C=O) groups is 3. The van der Waals surface area contributed by atoms with Gasteiger partial charge in [-0.25, -0.2) is 9.13 Å². The van der Waals surface area contributed by atoms with Crippen LogP contribution in [0.5, 0.6) is 0 Å². The number of esters is 3. The molecule has 5 atom stereocenters. The van der Waals surface area contributed by atoms with Gasteiger partial charge >= 0.3 is 33.6 Å². The summed E-state index contributed by atoms with van der Waals surface area (Å²) in [5, 5.41) is 20.8. The largest absolute Gasteiger partial charge is 0.472 e. The van der Waals surface area contributed by atoms with Gasteiger partial charge in [-0.3, -0.25) is 32.5 Å². The maximum atomic E-state index is 13.1. The second-order valence-corrected chi connectivity index (χ2v) is 36.5. The van der Waals surface area contributed by atoms with Crippen molar-refractivity contribution >= 4 is 33.6 Å². The van der Waals surface area contributed by atoms with Crippen molar-refractivity contribution in [2.24, 2.45) is 0 Å². The van der Waals surface area contributed by atoms with Crippen LogP contribution >= 0.6 is 15.6 Å². The van der Waals surface area contributed by atoms with Crippen LogP contribution < -0.4 is 0 Å². The zero-order valence-electron chi connectivity index (χ0n) is 79.5. The summed E-state index contributed by atoms with van der Waals surface area (Å²) >= 11 is 0. The minimum absolute atomic E-state index is 0.0715. The minimum Gasteiger partial charge on any atom is -0.463 e. The second kappa shape index (κ2) is 98.0. The minimum atomic E-state index is -4.95. The molecule has 5 unspecified atom stereocenters. The topological polar surface area (TPSA) is 231 Å². The number of aliphatic hydroxyl groups excluding tert-OH is 2. The van der Waals surface area contributed by atoms with Gasteiger partial charge < -0.3 is 34.2 Å². The van der Waals surface area contributed by atoms with E-state index in [4.69, 9.17) is 32.3 Å². The molecule has 0 amide bonds. The van der Waals surface area contributed by atoms with E-state index in [0.29, 0.717) is 19.3 Å². The van der Waals surface area contributed by atoms with Crippen molar-refractivity contribution in [3.05, 3.63) is 170 Å². The van der Waals surface area contributed by atoms with Crippen LogP contribution in [-0.2, 0) is 55.8 Å². The van der Waals surface area contributed by atoms with Gasteiger partial charge in [-0.1, -0.05) is 422 Å².